The molecule has 19 heavy (non-hydrogen) atoms. The van der Waals surface area contributed by atoms with Crippen molar-refractivity contribution < 1.29 is 14.7 Å². The number of nitrogens with two attached hydrogens (primary N) is 1. The maximum absolute atomic E-state index is 11.0. The number of aliphatic carboxylic acids is 1. The molecule has 0 spiro atoms. The van der Waals surface area contributed by atoms with Gasteiger partial charge in [0, 0.05) is 18.7 Å². The monoisotopic (exact) mass is 264 g/mol. The Labute approximate surface area is 113 Å². The van der Waals surface area contributed by atoms with Crippen molar-refractivity contribution >= 4 is 11.9 Å². The van der Waals surface area contributed by atoms with E-state index >= 15 is 0 Å². The maximum Gasteiger partial charge on any atom is 0.307 e. The SMILES string of the molecule is CCN(Cc1ccc(C(N)=O)cc1)CC(C)C(=O)O. The summed E-state index contributed by atoms with van der Waals surface area (Å²) in [5.74, 6) is -1.63. The zero-order valence-corrected chi connectivity index (χ0v) is 11.3. The van der Waals surface area contributed by atoms with Crippen LogP contribution in [0.3, 0.4) is 0 Å². The van der Waals surface area contributed by atoms with E-state index < -0.39 is 17.8 Å². The predicted octanol–water partition coefficient (Wildman–Crippen LogP) is 1.33. The average molecular weight is 264 g/mol. The lowest BCUT2D eigenvalue weighted by molar-refractivity contribution is -0.141. The van der Waals surface area contributed by atoms with Crippen LogP contribution in [0.2, 0.25) is 0 Å². The number of carboxylic acid groups (broad SMARTS) is 1. The van der Waals surface area contributed by atoms with Crippen LogP contribution in [0, 0.1) is 5.92 Å². The van der Waals surface area contributed by atoms with Gasteiger partial charge in [-0.3, -0.25) is 14.5 Å². The van der Waals surface area contributed by atoms with E-state index in [9.17, 15) is 9.59 Å². The van der Waals surface area contributed by atoms with Crippen LogP contribution in [0.5, 0.6) is 0 Å². The Morgan fingerprint density at radius 1 is 1.32 bits per heavy atom. The smallest absolute Gasteiger partial charge is 0.307 e. The van der Waals surface area contributed by atoms with Crippen molar-refractivity contribution in [1.29, 1.82) is 0 Å². The summed E-state index contributed by atoms with van der Waals surface area (Å²) in [5.41, 5.74) is 6.69. The van der Waals surface area contributed by atoms with E-state index in [4.69, 9.17) is 10.8 Å². The maximum atomic E-state index is 11.0. The second kappa shape index (κ2) is 6.89. The summed E-state index contributed by atoms with van der Waals surface area (Å²) in [6, 6.07) is 7.06. The first kappa shape index (κ1) is 15.2. The van der Waals surface area contributed by atoms with E-state index in [-0.39, 0.29) is 0 Å². The molecule has 104 valence electrons. The highest BCUT2D eigenvalue weighted by molar-refractivity contribution is 5.92. The number of rotatable bonds is 7. The molecule has 0 bridgehead atoms. The van der Waals surface area contributed by atoms with E-state index in [2.05, 4.69) is 4.90 Å². The van der Waals surface area contributed by atoms with Gasteiger partial charge in [0.2, 0.25) is 5.91 Å². The fourth-order valence-electron chi connectivity index (χ4n) is 1.80. The number of primary amides is 1. The molecule has 0 radical (unpaired) electrons. The molecule has 0 aliphatic heterocycles. The Morgan fingerprint density at radius 2 is 1.89 bits per heavy atom. The number of carbonyl (C=O) groups is 2. The van der Waals surface area contributed by atoms with Crippen LogP contribution < -0.4 is 5.73 Å². The van der Waals surface area contributed by atoms with Crippen molar-refractivity contribution in [3.63, 3.8) is 0 Å². The van der Waals surface area contributed by atoms with Gasteiger partial charge >= 0.3 is 5.97 Å². The molecule has 1 aromatic carbocycles. The van der Waals surface area contributed by atoms with Gasteiger partial charge in [0.1, 0.15) is 0 Å². The van der Waals surface area contributed by atoms with Gasteiger partial charge in [0.05, 0.1) is 5.92 Å². The average Bonchev–Trinajstić information content (AvgIpc) is 2.38. The molecule has 0 saturated carbocycles. The van der Waals surface area contributed by atoms with Gasteiger partial charge in [0.15, 0.2) is 0 Å². The van der Waals surface area contributed by atoms with Gasteiger partial charge in [-0.15, -0.1) is 0 Å². The summed E-state index contributed by atoms with van der Waals surface area (Å²) in [6.45, 7) is 5.62. The third-order valence-electron chi connectivity index (χ3n) is 3.05. The summed E-state index contributed by atoms with van der Waals surface area (Å²) < 4.78 is 0. The Hall–Kier alpha value is -1.88. The number of hydrogen-bond donors (Lipinski definition) is 2. The van der Waals surface area contributed by atoms with Crippen LogP contribution in [0.25, 0.3) is 0 Å². The van der Waals surface area contributed by atoms with Gasteiger partial charge in [-0.2, -0.15) is 0 Å². The largest absolute Gasteiger partial charge is 0.481 e. The summed E-state index contributed by atoms with van der Waals surface area (Å²) in [7, 11) is 0. The third kappa shape index (κ3) is 4.71. The topological polar surface area (TPSA) is 83.6 Å². The van der Waals surface area contributed by atoms with Crippen molar-refractivity contribution in [2.24, 2.45) is 11.7 Å². The molecule has 1 atom stereocenters. The molecule has 0 heterocycles. The van der Waals surface area contributed by atoms with Crippen molar-refractivity contribution in [3.05, 3.63) is 35.4 Å². The van der Waals surface area contributed by atoms with Gasteiger partial charge < -0.3 is 10.8 Å². The molecule has 1 rings (SSSR count). The first-order valence-electron chi connectivity index (χ1n) is 6.28. The van der Waals surface area contributed by atoms with E-state index in [0.29, 0.717) is 18.7 Å². The van der Waals surface area contributed by atoms with Gasteiger partial charge in [-0.05, 0) is 24.2 Å². The minimum atomic E-state index is -0.789. The van der Waals surface area contributed by atoms with Crippen LogP contribution in [0.1, 0.15) is 29.8 Å². The van der Waals surface area contributed by atoms with Crippen molar-refractivity contribution in [3.8, 4) is 0 Å². The van der Waals surface area contributed by atoms with Gasteiger partial charge in [0.25, 0.3) is 0 Å². The Morgan fingerprint density at radius 3 is 2.32 bits per heavy atom. The standard InChI is InChI=1S/C14H20N2O3/c1-3-16(8-10(2)14(18)19)9-11-4-6-12(7-5-11)13(15)17/h4-7,10H,3,8-9H2,1-2H3,(H2,15,17)(H,18,19). The van der Waals surface area contributed by atoms with E-state index in [1.54, 1.807) is 19.1 Å². The lowest BCUT2D eigenvalue weighted by Crippen LogP contribution is -2.31. The van der Waals surface area contributed by atoms with Crippen molar-refractivity contribution in [2.75, 3.05) is 13.1 Å². The molecule has 1 unspecified atom stereocenters. The highest BCUT2D eigenvalue weighted by Gasteiger charge is 2.15. The Bertz CT molecular complexity index is 443. The molecule has 0 aromatic heterocycles. The highest BCUT2D eigenvalue weighted by Crippen LogP contribution is 2.09. The number of hydrogen-bond acceptors (Lipinski definition) is 3. The van der Waals surface area contributed by atoms with Crippen LogP contribution in [0.15, 0.2) is 24.3 Å². The molecular formula is C14H20N2O3. The molecule has 0 fully saturated rings. The second-order valence-electron chi connectivity index (χ2n) is 4.63. The number of nitrogens with zero attached hydrogens (tertiary/aromatic N) is 1. The van der Waals surface area contributed by atoms with E-state index in [1.807, 2.05) is 19.1 Å². The predicted molar refractivity (Wildman–Crippen MR) is 72.7 cm³/mol. The van der Waals surface area contributed by atoms with Gasteiger partial charge in [-0.25, -0.2) is 0 Å². The molecule has 1 aromatic rings. The van der Waals surface area contributed by atoms with Crippen molar-refractivity contribution in [1.82, 2.24) is 4.90 Å². The molecule has 3 N–H and O–H groups in total. The fourth-order valence-corrected chi connectivity index (χ4v) is 1.80. The summed E-state index contributed by atoms with van der Waals surface area (Å²) in [4.78, 5) is 23.9. The minimum Gasteiger partial charge on any atom is -0.481 e. The molecule has 0 aliphatic rings. The molecule has 0 saturated heterocycles. The third-order valence-corrected chi connectivity index (χ3v) is 3.05. The molecule has 5 heteroatoms. The molecule has 5 nitrogen and oxygen atoms in total. The van der Waals surface area contributed by atoms with E-state index in [0.717, 1.165) is 12.1 Å². The van der Waals surface area contributed by atoms with E-state index in [1.165, 1.54) is 0 Å². The summed E-state index contributed by atoms with van der Waals surface area (Å²) in [6.07, 6.45) is 0. The zero-order chi connectivity index (χ0) is 14.4. The Kier molecular flexibility index (Phi) is 5.51. The normalized spacial score (nSPS) is 12.4. The fraction of sp³-hybridized carbons (Fsp3) is 0.429. The van der Waals surface area contributed by atoms with Gasteiger partial charge in [-0.1, -0.05) is 26.0 Å². The number of carboxylic acids is 1. The van der Waals surface area contributed by atoms with Crippen LogP contribution in [-0.2, 0) is 11.3 Å². The van der Waals surface area contributed by atoms with Crippen LogP contribution in [-0.4, -0.2) is 35.0 Å². The molecule has 0 aliphatic carbocycles. The summed E-state index contributed by atoms with van der Waals surface area (Å²) in [5, 5.41) is 8.91. The first-order valence-corrected chi connectivity index (χ1v) is 6.28. The molecule has 1 amide bonds. The number of amides is 1. The van der Waals surface area contributed by atoms with Crippen LogP contribution in [0.4, 0.5) is 0 Å². The van der Waals surface area contributed by atoms with Crippen molar-refractivity contribution in [2.45, 2.75) is 20.4 Å². The zero-order valence-electron chi connectivity index (χ0n) is 11.3. The summed E-state index contributed by atoms with van der Waals surface area (Å²) >= 11 is 0. The highest BCUT2D eigenvalue weighted by atomic mass is 16.4. The minimum absolute atomic E-state index is 0.398. The number of carbonyl (C=O) groups excluding carboxylic acids is 1. The molecular weight excluding hydrogens is 244 g/mol. The lowest BCUT2D eigenvalue weighted by Gasteiger charge is -2.22. The quantitative estimate of drug-likeness (QED) is 0.778. The van der Waals surface area contributed by atoms with Crippen LogP contribution >= 0.6 is 0 Å². The lowest BCUT2D eigenvalue weighted by atomic mass is 10.1. The second-order valence-corrected chi connectivity index (χ2v) is 4.63. The Balaban J connectivity index is 2.65. The first-order chi connectivity index (χ1) is 8.93. The number of benzene rings is 1.